The Kier molecular flexibility index (Phi) is 4.85. The smallest absolute Gasteiger partial charge is 0.248 e. The Morgan fingerprint density at radius 3 is 2.42 bits per heavy atom. The third kappa shape index (κ3) is 3.69. The summed E-state index contributed by atoms with van der Waals surface area (Å²) in [5.41, 5.74) is 0. The first kappa shape index (κ1) is 11.4. The molecule has 0 aliphatic heterocycles. The van der Waals surface area contributed by atoms with Gasteiger partial charge in [0.1, 0.15) is 0 Å². The predicted molar refractivity (Wildman–Crippen MR) is 45.2 cm³/mol. The van der Waals surface area contributed by atoms with Crippen LogP contribution >= 0.6 is 0 Å². The predicted octanol–water partition coefficient (Wildman–Crippen LogP) is 0.413. The van der Waals surface area contributed by atoms with Gasteiger partial charge < -0.3 is 5.11 Å². The van der Waals surface area contributed by atoms with E-state index in [1.807, 2.05) is 0 Å². The van der Waals surface area contributed by atoms with Gasteiger partial charge in [0.2, 0.25) is 5.91 Å². The molecule has 0 radical (unpaired) electrons. The number of carbonyl (C=O) groups is 1. The Hall–Kier alpha value is -0.610. The molecule has 4 heteroatoms. The number of aliphatic hydroxyl groups is 1. The summed E-state index contributed by atoms with van der Waals surface area (Å²) < 4.78 is 0. The van der Waals surface area contributed by atoms with Crippen LogP contribution in [0.5, 0.6) is 0 Å². The minimum Gasteiger partial charge on any atom is -0.393 e. The van der Waals surface area contributed by atoms with E-state index in [2.05, 4.69) is 0 Å². The molecule has 0 saturated heterocycles. The molecule has 0 aromatic carbocycles. The maximum Gasteiger partial charge on any atom is 0.248 e. The summed E-state index contributed by atoms with van der Waals surface area (Å²) in [7, 11) is 2.99. The summed E-state index contributed by atoms with van der Waals surface area (Å²) in [6, 6.07) is 0. The average Bonchev–Trinajstić information content (AvgIpc) is 2.00. The van der Waals surface area contributed by atoms with Crippen molar-refractivity contribution in [3.8, 4) is 0 Å². The minimum absolute atomic E-state index is 0.113. The van der Waals surface area contributed by atoms with Crippen LogP contribution in [0.4, 0.5) is 0 Å². The molecular formula is C8H17NO3. The van der Waals surface area contributed by atoms with Crippen molar-refractivity contribution >= 4 is 5.91 Å². The number of nitrogens with zero attached hydrogens (tertiary/aromatic N) is 1. The number of hydrogen-bond donors (Lipinski definition) is 1. The summed E-state index contributed by atoms with van der Waals surface area (Å²) in [6.45, 7) is 3.43. The van der Waals surface area contributed by atoms with Gasteiger partial charge >= 0.3 is 0 Å². The van der Waals surface area contributed by atoms with Gasteiger partial charge in [0.05, 0.1) is 13.2 Å². The molecule has 2 unspecified atom stereocenters. The molecule has 0 bridgehead atoms. The van der Waals surface area contributed by atoms with Gasteiger partial charge in [0.25, 0.3) is 0 Å². The van der Waals surface area contributed by atoms with E-state index < -0.39 is 6.10 Å². The molecule has 2 atom stereocenters. The lowest BCUT2D eigenvalue weighted by Crippen LogP contribution is -2.32. The average molecular weight is 175 g/mol. The zero-order valence-electron chi connectivity index (χ0n) is 8.07. The third-order valence-electron chi connectivity index (χ3n) is 1.70. The minimum atomic E-state index is -0.450. The van der Waals surface area contributed by atoms with E-state index in [1.54, 1.807) is 20.9 Å². The van der Waals surface area contributed by atoms with Gasteiger partial charge in [-0.05, 0) is 13.3 Å². The fraction of sp³-hybridized carbons (Fsp3) is 0.875. The van der Waals surface area contributed by atoms with Crippen LogP contribution in [0.1, 0.15) is 20.3 Å². The van der Waals surface area contributed by atoms with Gasteiger partial charge in [-0.25, -0.2) is 5.06 Å². The fourth-order valence-corrected chi connectivity index (χ4v) is 1.01. The zero-order chi connectivity index (χ0) is 9.72. The molecule has 0 aliphatic rings. The van der Waals surface area contributed by atoms with Crippen molar-refractivity contribution < 1.29 is 14.7 Å². The summed E-state index contributed by atoms with van der Waals surface area (Å²) in [5, 5.41) is 10.2. The standard InChI is InChI=1S/C8H17NO3/c1-6(5-7(2)10)8(11)9(3)12-4/h6-7,10H,5H2,1-4H3. The molecule has 0 fully saturated rings. The van der Waals surface area contributed by atoms with Gasteiger partial charge in [0, 0.05) is 13.0 Å². The topological polar surface area (TPSA) is 49.8 Å². The molecule has 4 nitrogen and oxygen atoms in total. The lowest BCUT2D eigenvalue weighted by atomic mass is 10.0. The third-order valence-corrected chi connectivity index (χ3v) is 1.70. The van der Waals surface area contributed by atoms with Gasteiger partial charge in [-0.2, -0.15) is 0 Å². The molecule has 0 rings (SSSR count). The van der Waals surface area contributed by atoms with E-state index >= 15 is 0 Å². The second-order valence-electron chi connectivity index (χ2n) is 3.00. The highest BCUT2D eigenvalue weighted by molar-refractivity contribution is 5.77. The van der Waals surface area contributed by atoms with Crippen LogP contribution in [-0.2, 0) is 9.63 Å². The fourth-order valence-electron chi connectivity index (χ4n) is 1.01. The maximum atomic E-state index is 11.3. The lowest BCUT2D eigenvalue weighted by molar-refractivity contribution is -0.173. The number of hydrogen-bond acceptors (Lipinski definition) is 3. The van der Waals surface area contributed by atoms with Crippen molar-refractivity contribution in [1.82, 2.24) is 5.06 Å². The molecule has 0 spiro atoms. The highest BCUT2D eigenvalue weighted by Gasteiger charge is 2.18. The molecule has 0 heterocycles. The van der Waals surface area contributed by atoms with Crippen molar-refractivity contribution in [2.24, 2.45) is 5.92 Å². The normalized spacial score (nSPS) is 15.4. The Morgan fingerprint density at radius 1 is 1.58 bits per heavy atom. The van der Waals surface area contributed by atoms with E-state index in [4.69, 9.17) is 9.94 Å². The van der Waals surface area contributed by atoms with E-state index in [9.17, 15) is 4.79 Å². The van der Waals surface area contributed by atoms with E-state index in [1.165, 1.54) is 12.2 Å². The van der Waals surface area contributed by atoms with Crippen molar-refractivity contribution in [1.29, 1.82) is 0 Å². The number of rotatable bonds is 4. The van der Waals surface area contributed by atoms with Gasteiger partial charge in [0.15, 0.2) is 0 Å². The summed E-state index contributed by atoms with van der Waals surface area (Å²) in [4.78, 5) is 16.0. The largest absolute Gasteiger partial charge is 0.393 e. The van der Waals surface area contributed by atoms with E-state index in [0.717, 1.165) is 0 Å². The van der Waals surface area contributed by atoms with Gasteiger partial charge in [-0.1, -0.05) is 6.92 Å². The number of carbonyl (C=O) groups excluding carboxylic acids is 1. The number of hydroxylamine groups is 2. The summed E-state index contributed by atoms with van der Waals surface area (Å²) in [6.07, 6.45) is 0.0150. The second kappa shape index (κ2) is 5.11. The van der Waals surface area contributed by atoms with E-state index in [-0.39, 0.29) is 11.8 Å². The SMILES string of the molecule is CON(C)C(=O)C(C)CC(C)O. The van der Waals surface area contributed by atoms with Crippen LogP contribution < -0.4 is 0 Å². The van der Waals surface area contributed by atoms with Crippen molar-refractivity contribution in [3.05, 3.63) is 0 Å². The Balaban J connectivity index is 3.92. The zero-order valence-corrected chi connectivity index (χ0v) is 8.07. The van der Waals surface area contributed by atoms with Gasteiger partial charge in [-0.15, -0.1) is 0 Å². The summed E-state index contributed by atoms with van der Waals surface area (Å²) in [5.74, 6) is -0.312. The second-order valence-corrected chi connectivity index (χ2v) is 3.00. The van der Waals surface area contributed by atoms with Crippen LogP contribution in [0, 0.1) is 5.92 Å². The van der Waals surface area contributed by atoms with Crippen molar-refractivity contribution in [2.75, 3.05) is 14.2 Å². The van der Waals surface area contributed by atoms with Crippen LogP contribution in [0.3, 0.4) is 0 Å². The molecule has 0 aliphatic carbocycles. The molecule has 0 aromatic heterocycles. The van der Waals surface area contributed by atoms with Gasteiger partial charge in [-0.3, -0.25) is 9.63 Å². The molecule has 1 amide bonds. The van der Waals surface area contributed by atoms with E-state index in [0.29, 0.717) is 6.42 Å². The first-order valence-electron chi connectivity index (χ1n) is 3.98. The lowest BCUT2D eigenvalue weighted by Gasteiger charge is -2.19. The highest BCUT2D eigenvalue weighted by atomic mass is 16.7. The molecule has 72 valence electrons. The first-order valence-corrected chi connectivity index (χ1v) is 3.98. The van der Waals surface area contributed by atoms with Crippen molar-refractivity contribution in [2.45, 2.75) is 26.4 Å². The monoisotopic (exact) mass is 175 g/mol. The molecular weight excluding hydrogens is 158 g/mol. The van der Waals surface area contributed by atoms with Crippen molar-refractivity contribution in [3.63, 3.8) is 0 Å². The summed E-state index contributed by atoms with van der Waals surface area (Å²) >= 11 is 0. The van der Waals surface area contributed by atoms with Crippen LogP contribution in [-0.4, -0.2) is 36.3 Å². The van der Waals surface area contributed by atoms with Crippen LogP contribution in [0.25, 0.3) is 0 Å². The van der Waals surface area contributed by atoms with Crippen LogP contribution in [0.2, 0.25) is 0 Å². The van der Waals surface area contributed by atoms with Crippen LogP contribution in [0.15, 0.2) is 0 Å². The first-order chi connectivity index (χ1) is 5.49. The molecule has 12 heavy (non-hydrogen) atoms. The molecule has 0 saturated carbocycles. The number of aliphatic hydroxyl groups excluding tert-OH is 1. The quantitative estimate of drug-likeness (QED) is 0.630. The Labute approximate surface area is 73.1 Å². The molecule has 0 aromatic rings. The number of amides is 1. The highest BCUT2D eigenvalue weighted by Crippen LogP contribution is 2.08. The molecule has 1 N–H and O–H groups in total. The Morgan fingerprint density at radius 2 is 2.08 bits per heavy atom. The Bertz CT molecular complexity index is 147. The maximum absolute atomic E-state index is 11.3.